The molecule has 0 bridgehead atoms. The van der Waals surface area contributed by atoms with Crippen LogP contribution in [0.4, 0.5) is 5.13 Å². The summed E-state index contributed by atoms with van der Waals surface area (Å²) >= 11 is 1.74. The number of rotatable bonds is 8. The molecule has 0 spiro atoms. The van der Waals surface area contributed by atoms with Gasteiger partial charge in [-0.05, 0) is 48.6 Å². The number of hydrogen-bond donors (Lipinski definition) is 1. The van der Waals surface area contributed by atoms with Gasteiger partial charge in [0.05, 0.1) is 18.7 Å². The van der Waals surface area contributed by atoms with Crippen LogP contribution in [0.2, 0.25) is 0 Å². The highest BCUT2D eigenvalue weighted by Gasteiger charge is 2.18. The van der Waals surface area contributed by atoms with Crippen molar-refractivity contribution in [2.45, 2.75) is 33.1 Å². The predicted molar refractivity (Wildman–Crippen MR) is 130 cm³/mol. The van der Waals surface area contributed by atoms with Crippen LogP contribution >= 0.6 is 11.3 Å². The summed E-state index contributed by atoms with van der Waals surface area (Å²) in [4.78, 5) is 19.4. The minimum Gasteiger partial charge on any atom is -0.493 e. The van der Waals surface area contributed by atoms with Crippen molar-refractivity contribution in [3.8, 4) is 5.75 Å². The van der Waals surface area contributed by atoms with Gasteiger partial charge in [-0.25, -0.2) is 4.98 Å². The second kappa shape index (κ2) is 10.0. The summed E-state index contributed by atoms with van der Waals surface area (Å²) in [5, 5.41) is 10.1. The number of aliphatic carboxylic acids is 1. The third-order valence-electron chi connectivity index (χ3n) is 5.71. The molecule has 0 amide bonds. The molecule has 0 fully saturated rings. The number of ether oxygens (including phenoxy) is 1. The van der Waals surface area contributed by atoms with Gasteiger partial charge in [-0.15, -0.1) is 11.3 Å². The van der Waals surface area contributed by atoms with Crippen molar-refractivity contribution in [3.63, 3.8) is 0 Å². The van der Waals surface area contributed by atoms with Crippen LogP contribution in [0.5, 0.6) is 5.75 Å². The maximum atomic E-state index is 11.0. The normalized spacial score (nSPS) is 13.7. The van der Waals surface area contributed by atoms with Crippen LogP contribution < -0.4 is 9.64 Å². The first-order valence-corrected chi connectivity index (χ1v) is 11.7. The summed E-state index contributed by atoms with van der Waals surface area (Å²) < 4.78 is 5.98. The standard InChI is InChI=1S/C26H28N2O3S/c1-18-8-9-20(17-25(29)30)16-24(18)31-15-12-23-19(2)32-26(27-23)28-13-10-22(11-14-28)21-6-4-3-5-7-21/h3-10,16H,11-15,17H2,1-2H3,(H,29,30). The largest absolute Gasteiger partial charge is 0.493 e. The van der Waals surface area contributed by atoms with E-state index in [1.165, 1.54) is 16.0 Å². The molecule has 1 N–H and O–H groups in total. The van der Waals surface area contributed by atoms with E-state index >= 15 is 0 Å². The Morgan fingerprint density at radius 3 is 2.72 bits per heavy atom. The van der Waals surface area contributed by atoms with Crippen LogP contribution in [0.15, 0.2) is 54.6 Å². The average molecular weight is 449 g/mol. The zero-order chi connectivity index (χ0) is 22.5. The fourth-order valence-corrected chi connectivity index (χ4v) is 4.87. The molecule has 3 aromatic rings. The van der Waals surface area contributed by atoms with Gasteiger partial charge in [0.1, 0.15) is 5.75 Å². The quantitative estimate of drug-likeness (QED) is 0.506. The van der Waals surface area contributed by atoms with Crippen LogP contribution in [-0.4, -0.2) is 35.8 Å². The van der Waals surface area contributed by atoms with E-state index in [2.05, 4.69) is 48.2 Å². The molecule has 1 aliphatic heterocycles. The minimum atomic E-state index is -0.839. The number of hydrogen-bond acceptors (Lipinski definition) is 5. The van der Waals surface area contributed by atoms with Crippen molar-refractivity contribution in [1.29, 1.82) is 0 Å². The Hall–Kier alpha value is -3.12. The Morgan fingerprint density at radius 1 is 1.19 bits per heavy atom. The van der Waals surface area contributed by atoms with Gasteiger partial charge in [0.2, 0.25) is 0 Å². The van der Waals surface area contributed by atoms with Gasteiger partial charge in [-0.2, -0.15) is 0 Å². The maximum absolute atomic E-state index is 11.0. The molecule has 0 saturated heterocycles. The second-order valence-corrected chi connectivity index (χ2v) is 9.24. The number of aromatic nitrogens is 1. The Labute approximate surface area is 193 Å². The highest BCUT2D eigenvalue weighted by molar-refractivity contribution is 7.15. The third kappa shape index (κ3) is 5.37. The molecule has 2 aromatic carbocycles. The first-order chi connectivity index (χ1) is 15.5. The van der Waals surface area contributed by atoms with Crippen molar-refractivity contribution in [3.05, 3.63) is 81.9 Å². The molecular weight excluding hydrogens is 420 g/mol. The Morgan fingerprint density at radius 2 is 2.00 bits per heavy atom. The fraction of sp³-hybridized carbons (Fsp3) is 0.308. The summed E-state index contributed by atoms with van der Waals surface area (Å²) in [5.74, 6) is -0.0969. The molecule has 0 atom stereocenters. The first kappa shape index (κ1) is 22.1. The van der Waals surface area contributed by atoms with Gasteiger partial charge < -0.3 is 14.7 Å². The Balaban J connectivity index is 1.36. The molecule has 6 heteroatoms. The molecule has 0 saturated carbocycles. The van der Waals surface area contributed by atoms with Crippen LogP contribution in [0.25, 0.3) is 5.57 Å². The lowest BCUT2D eigenvalue weighted by molar-refractivity contribution is -0.136. The van der Waals surface area contributed by atoms with E-state index in [9.17, 15) is 4.79 Å². The fourth-order valence-electron chi connectivity index (χ4n) is 3.88. The number of carboxylic acids is 1. The Kier molecular flexibility index (Phi) is 6.90. The van der Waals surface area contributed by atoms with Gasteiger partial charge in [0, 0.05) is 24.4 Å². The van der Waals surface area contributed by atoms with Crippen molar-refractivity contribution in [1.82, 2.24) is 4.98 Å². The summed E-state index contributed by atoms with van der Waals surface area (Å²) in [6.07, 6.45) is 4.06. The molecular formula is C26H28N2O3S. The van der Waals surface area contributed by atoms with Crippen molar-refractivity contribution in [2.75, 3.05) is 24.6 Å². The number of carbonyl (C=O) groups is 1. The van der Waals surface area contributed by atoms with Gasteiger partial charge in [-0.1, -0.05) is 48.5 Å². The molecule has 1 aromatic heterocycles. The van der Waals surface area contributed by atoms with E-state index in [0.29, 0.717) is 6.61 Å². The summed E-state index contributed by atoms with van der Waals surface area (Å²) in [5.41, 5.74) is 5.54. The molecule has 4 rings (SSSR count). The molecule has 0 unspecified atom stereocenters. The number of anilines is 1. The van der Waals surface area contributed by atoms with Gasteiger partial charge in [0.15, 0.2) is 5.13 Å². The van der Waals surface area contributed by atoms with Gasteiger partial charge in [-0.3, -0.25) is 4.79 Å². The third-order valence-corrected chi connectivity index (χ3v) is 6.78. The highest BCUT2D eigenvalue weighted by Crippen LogP contribution is 2.30. The van der Waals surface area contributed by atoms with Gasteiger partial charge >= 0.3 is 5.97 Å². The van der Waals surface area contributed by atoms with Crippen molar-refractivity contribution < 1.29 is 14.6 Å². The Bertz CT molecular complexity index is 1120. The summed E-state index contributed by atoms with van der Waals surface area (Å²) in [6.45, 7) is 6.45. The lowest BCUT2D eigenvalue weighted by Crippen LogP contribution is -2.28. The summed E-state index contributed by atoms with van der Waals surface area (Å²) in [6, 6.07) is 16.1. The average Bonchev–Trinajstić information content (AvgIpc) is 3.17. The zero-order valence-corrected chi connectivity index (χ0v) is 19.3. The maximum Gasteiger partial charge on any atom is 0.307 e. The van der Waals surface area contributed by atoms with Crippen LogP contribution in [0.1, 0.15) is 33.7 Å². The molecule has 1 aliphatic rings. The van der Waals surface area contributed by atoms with E-state index in [-0.39, 0.29) is 6.42 Å². The van der Waals surface area contributed by atoms with Crippen molar-refractivity contribution >= 4 is 28.0 Å². The lowest BCUT2D eigenvalue weighted by Gasteiger charge is -2.26. The van der Waals surface area contributed by atoms with Crippen molar-refractivity contribution in [2.24, 2.45) is 0 Å². The number of nitrogens with zero attached hydrogens (tertiary/aromatic N) is 2. The van der Waals surface area contributed by atoms with Gasteiger partial charge in [0.25, 0.3) is 0 Å². The number of aryl methyl sites for hydroxylation is 2. The molecule has 0 radical (unpaired) electrons. The SMILES string of the molecule is Cc1ccc(CC(=O)O)cc1OCCc1nc(N2CC=C(c3ccccc3)CC2)sc1C. The number of carboxylic acid groups (broad SMARTS) is 1. The molecule has 2 heterocycles. The topological polar surface area (TPSA) is 62.7 Å². The van der Waals surface area contributed by atoms with E-state index in [0.717, 1.165) is 53.6 Å². The molecule has 5 nitrogen and oxygen atoms in total. The summed E-state index contributed by atoms with van der Waals surface area (Å²) in [7, 11) is 0. The molecule has 32 heavy (non-hydrogen) atoms. The zero-order valence-electron chi connectivity index (χ0n) is 18.5. The number of benzene rings is 2. The smallest absolute Gasteiger partial charge is 0.307 e. The second-order valence-electron chi connectivity index (χ2n) is 8.06. The van der Waals surface area contributed by atoms with Crippen LogP contribution in [0.3, 0.4) is 0 Å². The van der Waals surface area contributed by atoms with E-state index in [1.807, 2.05) is 25.1 Å². The van der Waals surface area contributed by atoms with E-state index in [4.69, 9.17) is 14.8 Å². The highest BCUT2D eigenvalue weighted by atomic mass is 32.1. The minimum absolute atomic E-state index is 0.00145. The van der Waals surface area contributed by atoms with Crippen LogP contribution in [0, 0.1) is 13.8 Å². The van der Waals surface area contributed by atoms with Crippen LogP contribution in [-0.2, 0) is 17.6 Å². The lowest BCUT2D eigenvalue weighted by atomic mass is 10.00. The molecule has 166 valence electrons. The monoisotopic (exact) mass is 448 g/mol. The predicted octanol–water partition coefficient (Wildman–Crippen LogP) is 5.30. The first-order valence-electron chi connectivity index (χ1n) is 10.9. The number of thiazole rings is 1. The molecule has 0 aliphatic carbocycles. The van der Waals surface area contributed by atoms with E-state index in [1.54, 1.807) is 11.3 Å². The van der Waals surface area contributed by atoms with E-state index < -0.39 is 5.97 Å².